The Morgan fingerprint density at radius 1 is 1.18 bits per heavy atom. The fourth-order valence-electron chi connectivity index (χ4n) is 3.37. The van der Waals surface area contributed by atoms with Gasteiger partial charge in [0.25, 0.3) is 0 Å². The van der Waals surface area contributed by atoms with Gasteiger partial charge in [-0.2, -0.15) is 0 Å². The molecule has 3 fully saturated rings. The largest absolute Gasteiger partial charge is 0.376 e. The predicted molar refractivity (Wildman–Crippen MR) is 69.1 cm³/mol. The molecule has 2 saturated heterocycles. The molecule has 1 N–H and O–H groups in total. The van der Waals surface area contributed by atoms with Crippen LogP contribution < -0.4 is 5.32 Å². The summed E-state index contributed by atoms with van der Waals surface area (Å²) in [5.41, 5.74) is 0. The van der Waals surface area contributed by atoms with Crippen LogP contribution in [0.4, 0.5) is 0 Å². The molecule has 0 radical (unpaired) electrons. The van der Waals surface area contributed by atoms with Gasteiger partial charge in [0, 0.05) is 31.3 Å². The fraction of sp³-hybridized carbons (Fsp3) is 1.00. The maximum absolute atomic E-state index is 5.90. The van der Waals surface area contributed by atoms with Crippen LogP contribution in [0, 0.1) is 5.92 Å². The molecule has 2 aliphatic heterocycles. The zero-order valence-electron chi connectivity index (χ0n) is 11.2. The first-order valence-electron chi connectivity index (χ1n) is 7.35. The van der Waals surface area contributed by atoms with E-state index in [1.54, 1.807) is 0 Å². The van der Waals surface area contributed by atoms with Crippen molar-refractivity contribution in [1.82, 2.24) is 10.2 Å². The lowest BCUT2D eigenvalue weighted by molar-refractivity contribution is 0.0789. The van der Waals surface area contributed by atoms with Gasteiger partial charge >= 0.3 is 0 Å². The highest BCUT2D eigenvalue weighted by molar-refractivity contribution is 4.96. The van der Waals surface area contributed by atoms with Crippen LogP contribution >= 0.6 is 0 Å². The molecule has 0 aromatic rings. The number of likely N-dealkylation sites (tertiary alicyclic amines) is 1. The van der Waals surface area contributed by atoms with E-state index >= 15 is 0 Å². The van der Waals surface area contributed by atoms with E-state index in [9.17, 15) is 0 Å². The fourth-order valence-corrected chi connectivity index (χ4v) is 3.37. The maximum Gasteiger partial charge on any atom is 0.0757 e. The normalized spacial score (nSPS) is 39.4. The van der Waals surface area contributed by atoms with Gasteiger partial charge in [0.1, 0.15) is 0 Å². The van der Waals surface area contributed by atoms with Crippen molar-refractivity contribution in [1.29, 1.82) is 0 Å². The Bertz CT molecular complexity index is 265. The SMILES string of the molecule is CC(C)N1CCC(NC2CCOC2C2CC2)C1. The molecule has 0 amide bonds. The van der Waals surface area contributed by atoms with Crippen LogP contribution in [0.5, 0.6) is 0 Å². The van der Waals surface area contributed by atoms with Crippen molar-refractivity contribution in [2.24, 2.45) is 5.92 Å². The van der Waals surface area contributed by atoms with Crippen molar-refractivity contribution < 1.29 is 4.74 Å². The molecular weight excluding hydrogens is 212 g/mol. The van der Waals surface area contributed by atoms with Crippen molar-refractivity contribution in [2.45, 2.75) is 63.8 Å². The molecule has 3 nitrogen and oxygen atoms in total. The first kappa shape index (κ1) is 11.9. The highest BCUT2D eigenvalue weighted by Crippen LogP contribution is 2.39. The molecule has 0 aromatic heterocycles. The summed E-state index contributed by atoms with van der Waals surface area (Å²) in [6.07, 6.45) is 5.85. The van der Waals surface area contributed by atoms with Gasteiger partial charge in [-0.1, -0.05) is 0 Å². The van der Waals surface area contributed by atoms with E-state index in [1.165, 1.54) is 38.8 Å². The third-order valence-corrected chi connectivity index (χ3v) is 4.62. The predicted octanol–water partition coefficient (Wildman–Crippen LogP) is 1.63. The summed E-state index contributed by atoms with van der Waals surface area (Å²) in [6, 6.07) is 2.03. The summed E-state index contributed by atoms with van der Waals surface area (Å²) in [6.45, 7) is 8.06. The quantitative estimate of drug-likeness (QED) is 0.805. The Kier molecular flexibility index (Phi) is 3.42. The minimum Gasteiger partial charge on any atom is -0.376 e. The molecule has 3 unspecified atom stereocenters. The second kappa shape index (κ2) is 4.87. The van der Waals surface area contributed by atoms with Crippen molar-refractivity contribution in [3.8, 4) is 0 Å². The standard InChI is InChI=1S/C14H26N2O/c1-10(2)16-7-5-12(9-16)15-13-6-8-17-14(13)11-3-4-11/h10-15H,3-9H2,1-2H3. The molecule has 1 aliphatic carbocycles. The minimum absolute atomic E-state index is 0.531. The molecule has 17 heavy (non-hydrogen) atoms. The van der Waals surface area contributed by atoms with E-state index in [0.29, 0.717) is 24.2 Å². The Labute approximate surface area is 105 Å². The molecule has 1 saturated carbocycles. The van der Waals surface area contributed by atoms with E-state index in [-0.39, 0.29) is 0 Å². The first-order chi connectivity index (χ1) is 8.24. The van der Waals surface area contributed by atoms with Crippen LogP contribution in [0.1, 0.15) is 39.5 Å². The summed E-state index contributed by atoms with van der Waals surface area (Å²) >= 11 is 0. The molecule has 3 rings (SSSR count). The molecule has 0 spiro atoms. The van der Waals surface area contributed by atoms with Gasteiger partial charge < -0.3 is 10.1 Å². The second-order valence-electron chi connectivity index (χ2n) is 6.31. The number of hydrogen-bond acceptors (Lipinski definition) is 3. The third-order valence-electron chi connectivity index (χ3n) is 4.62. The van der Waals surface area contributed by atoms with E-state index in [4.69, 9.17) is 4.74 Å². The van der Waals surface area contributed by atoms with E-state index < -0.39 is 0 Å². The van der Waals surface area contributed by atoms with Crippen LogP contribution in [0.2, 0.25) is 0 Å². The second-order valence-corrected chi connectivity index (χ2v) is 6.31. The number of nitrogens with one attached hydrogen (secondary N) is 1. The topological polar surface area (TPSA) is 24.5 Å². The summed E-state index contributed by atoms with van der Waals surface area (Å²) < 4.78 is 5.90. The summed E-state index contributed by atoms with van der Waals surface area (Å²) in [5.74, 6) is 0.873. The summed E-state index contributed by atoms with van der Waals surface area (Å²) in [4.78, 5) is 2.58. The Hall–Kier alpha value is -0.120. The van der Waals surface area contributed by atoms with Crippen molar-refractivity contribution >= 4 is 0 Å². The Balaban J connectivity index is 1.50. The average molecular weight is 238 g/mol. The van der Waals surface area contributed by atoms with Gasteiger partial charge in [0.2, 0.25) is 0 Å². The highest BCUT2D eigenvalue weighted by Gasteiger charge is 2.41. The molecule has 3 atom stereocenters. The summed E-state index contributed by atoms with van der Waals surface area (Å²) in [5, 5.41) is 3.87. The summed E-state index contributed by atoms with van der Waals surface area (Å²) in [7, 11) is 0. The molecule has 0 aromatic carbocycles. The minimum atomic E-state index is 0.531. The van der Waals surface area contributed by atoms with Gasteiger partial charge in [0.05, 0.1) is 6.10 Å². The highest BCUT2D eigenvalue weighted by atomic mass is 16.5. The zero-order valence-corrected chi connectivity index (χ0v) is 11.2. The lowest BCUT2D eigenvalue weighted by Gasteiger charge is -2.25. The number of ether oxygens (including phenoxy) is 1. The van der Waals surface area contributed by atoms with E-state index in [2.05, 4.69) is 24.1 Å². The Morgan fingerprint density at radius 3 is 2.65 bits per heavy atom. The molecular formula is C14H26N2O. The number of hydrogen-bond donors (Lipinski definition) is 1. The van der Waals surface area contributed by atoms with Crippen molar-refractivity contribution in [2.75, 3.05) is 19.7 Å². The van der Waals surface area contributed by atoms with Gasteiger partial charge in [-0.05, 0) is 52.0 Å². The molecule has 3 aliphatic rings. The molecule has 3 heteroatoms. The first-order valence-corrected chi connectivity index (χ1v) is 7.35. The number of nitrogens with zero attached hydrogens (tertiary/aromatic N) is 1. The lowest BCUT2D eigenvalue weighted by Crippen LogP contribution is -2.45. The van der Waals surface area contributed by atoms with Crippen LogP contribution in [-0.4, -0.2) is 48.8 Å². The van der Waals surface area contributed by atoms with Gasteiger partial charge in [-0.3, -0.25) is 4.90 Å². The van der Waals surface area contributed by atoms with Crippen molar-refractivity contribution in [3.63, 3.8) is 0 Å². The van der Waals surface area contributed by atoms with Crippen molar-refractivity contribution in [3.05, 3.63) is 0 Å². The third kappa shape index (κ3) is 2.67. The van der Waals surface area contributed by atoms with Crippen LogP contribution in [0.25, 0.3) is 0 Å². The van der Waals surface area contributed by atoms with Crippen LogP contribution in [0.3, 0.4) is 0 Å². The van der Waals surface area contributed by atoms with Gasteiger partial charge in [-0.25, -0.2) is 0 Å². The van der Waals surface area contributed by atoms with Crippen LogP contribution in [0.15, 0.2) is 0 Å². The molecule has 2 heterocycles. The monoisotopic (exact) mass is 238 g/mol. The van der Waals surface area contributed by atoms with Crippen LogP contribution in [-0.2, 0) is 4.74 Å². The van der Waals surface area contributed by atoms with E-state index in [0.717, 1.165) is 12.5 Å². The number of rotatable bonds is 4. The smallest absolute Gasteiger partial charge is 0.0757 e. The van der Waals surface area contributed by atoms with Gasteiger partial charge in [0.15, 0.2) is 0 Å². The van der Waals surface area contributed by atoms with Gasteiger partial charge in [-0.15, -0.1) is 0 Å². The molecule has 0 bridgehead atoms. The van der Waals surface area contributed by atoms with E-state index in [1.807, 2.05) is 0 Å². The lowest BCUT2D eigenvalue weighted by atomic mass is 10.0. The molecule has 98 valence electrons. The Morgan fingerprint density at radius 2 is 2.00 bits per heavy atom. The maximum atomic E-state index is 5.90. The zero-order chi connectivity index (χ0) is 11.8. The average Bonchev–Trinajstić information content (AvgIpc) is 2.86.